The molecule has 6 heteroatoms. The molecule has 1 saturated heterocycles. The minimum absolute atomic E-state index is 0.0809. The Labute approximate surface area is 126 Å². The van der Waals surface area contributed by atoms with Crippen molar-refractivity contribution in [2.75, 3.05) is 37.6 Å². The highest BCUT2D eigenvalue weighted by atomic mass is 16.2. The van der Waals surface area contributed by atoms with Gasteiger partial charge in [0.25, 0.3) is 0 Å². The number of piperazine rings is 1. The highest BCUT2D eigenvalue weighted by Gasteiger charge is 2.26. The van der Waals surface area contributed by atoms with Crippen LogP contribution in [0.25, 0.3) is 0 Å². The zero-order valence-corrected chi connectivity index (χ0v) is 13.1. The molecule has 21 heavy (non-hydrogen) atoms. The number of aromatic nitrogens is 2. The van der Waals surface area contributed by atoms with Gasteiger partial charge in [0.1, 0.15) is 0 Å². The number of anilines is 1. The van der Waals surface area contributed by atoms with Gasteiger partial charge in [0.15, 0.2) is 0 Å². The molecule has 1 N–H and O–H groups in total. The molecule has 1 aromatic rings. The molecule has 1 aliphatic heterocycles. The van der Waals surface area contributed by atoms with Crippen molar-refractivity contribution in [1.29, 1.82) is 0 Å². The number of nitrogens with zero attached hydrogens (tertiary/aromatic N) is 4. The summed E-state index contributed by atoms with van der Waals surface area (Å²) in [4.78, 5) is 25.0. The van der Waals surface area contributed by atoms with Crippen molar-refractivity contribution in [2.45, 2.75) is 26.8 Å². The summed E-state index contributed by atoms with van der Waals surface area (Å²) in [6, 6.07) is 1.74. The molecule has 1 unspecified atom stereocenters. The molecule has 0 aliphatic carbocycles. The van der Waals surface area contributed by atoms with Crippen LogP contribution in [-0.4, -0.2) is 59.5 Å². The van der Waals surface area contributed by atoms with Gasteiger partial charge in [-0.25, -0.2) is 9.97 Å². The molecular formula is C15H25N5O. The lowest BCUT2D eigenvalue weighted by Gasteiger charge is -2.37. The van der Waals surface area contributed by atoms with Gasteiger partial charge in [-0.3, -0.25) is 9.69 Å². The van der Waals surface area contributed by atoms with Gasteiger partial charge in [-0.2, -0.15) is 0 Å². The van der Waals surface area contributed by atoms with Gasteiger partial charge in [-0.1, -0.05) is 13.8 Å². The van der Waals surface area contributed by atoms with E-state index in [2.05, 4.69) is 38.9 Å². The van der Waals surface area contributed by atoms with Gasteiger partial charge < -0.3 is 10.2 Å². The van der Waals surface area contributed by atoms with Crippen LogP contribution in [0.3, 0.4) is 0 Å². The largest absolute Gasteiger partial charge is 0.354 e. The summed E-state index contributed by atoms with van der Waals surface area (Å²) in [5.74, 6) is 1.37. The first kappa shape index (κ1) is 15.7. The maximum Gasteiger partial charge on any atom is 0.237 e. The fourth-order valence-electron chi connectivity index (χ4n) is 2.38. The molecule has 1 atom stereocenters. The Morgan fingerprint density at radius 3 is 2.38 bits per heavy atom. The molecule has 0 saturated carbocycles. The number of carbonyl (C=O) groups excluding carboxylic acids is 1. The normalized spacial score (nSPS) is 17.8. The second-order valence-electron chi connectivity index (χ2n) is 5.89. The van der Waals surface area contributed by atoms with Crippen molar-refractivity contribution >= 4 is 11.9 Å². The third-order valence-electron chi connectivity index (χ3n) is 3.76. The van der Waals surface area contributed by atoms with E-state index in [9.17, 15) is 4.79 Å². The van der Waals surface area contributed by atoms with Crippen molar-refractivity contribution in [3.8, 4) is 0 Å². The molecule has 1 amide bonds. The SMILES string of the molecule is CC(C)CNC(=O)C(C)N1CCN(c2ncccn2)CC1. The Morgan fingerprint density at radius 1 is 1.19 bits per heavy atom. The molecule has 0 spiro atoms. The molecule has 0 radical (unpaired) electrons. The van der Waals surface area contributed by atoms with Crippen LogP contribution in [0.4, 0.5) is 5.95 Å². The number of hydrogen-bond donors (Lipinski definition) is 1. The van der Waals surface area contributed by atoms with Crippen molar-refractivity contribution < 1.29 is 4.79 Å². The molecule has 2 rings (SSSR count). The summed E-state index contributed by atoms with van der Waals surface area (Å²) in [6.45, 7) is 10.3. The number of rotatable bonds is 5. The summed E-state index contributed by atoms with van der Waals surface area (Å²) < 4.78 is 0. The number of nitrogens with one attached hydrogen (secondary N) is 1. The summed E-state index contributed by atoms with van der Waals surface area (Å²) in [5, 5.41) is 3.00. The van der Waals surface area contributed by atoms with E-state index in [0.717, 1.165) is 38.7 Å². The van der Waals surface area contributed by atoms with Gasteiger partial charge >= 0.3 is 0 Å². The molecule has 0 aromatic carbocycles. The number of amides is 1. The fourth-order valence-corrected chi connectivity index (χ4v) is 2.38. The molecule has 1 aromatic heterocycles. The van der Waals surface area contributed by atoms with Crippen molar-refractivity contribution in [1.82, 2.24) is 20.2 Å². The topological polar surface area (TPSA) is 61.4 Å². The molecule has 0 bridgehead atoms. The highest BCUT2D eigenvalue weighted by Crippen LogP contribution is 2.11. The van der Waals surface area contributed by atoms with E-state index < -0.39 is 0 Å². The predicted octanol–water partition coefficient (Wildman–Crippen LogP) is 0.759. The van der Waals surface area contributed by atoms with Gasteiger partial charge in [-0.15, -0.1) is 0 Å². The zero-order valence-electron chi connectivity index (χ0n) is 13.1. The van der Waals surface area contributed by atoms with E-state index in [0.29, 0.717) is 5.92 Å². The predicted molar refractivity (Wildman–Crippen MR) is 83.1 cm³/mol. The Hall–Kier alpha value is -1.69. The minimum atomic E-state index is -0.0809. The maximum atomic E-state index is 12.1. The van der Waals surface area contributed by atoms with Crippen molar-refractivity contribution in [3.05, 3.63) is 18.5 Å². The van der Waals surface area contributed by atoms with Crippen LogP contribution in [0, 0.1) is 5.92 Å². The Bertz CT molecular complexity index is 443. The van der Waals surface area contributed by atoms with Crippen LogP contribution in [0.2, 0.25) is 0 Å². The number of carbonyl (C=O) groups is 1. The van der Waals surface area contributed by atoms with Crippen molar-refractivity contribution in [3.63, 3.8) is 0 Å². The van der Waals surface area contributed by atoms with Gasteiger partial charge in [0, 0.05) is 45.1 Å². The van der Waals surface area contributed by atoms with E-state index in [1.807, 2.05) is 13.0 Å². The van der Waals surface area contributed by atoms with Gasteiger partial charge in [0.2, 0.25) is 11.9 Å². The van der Waals surface area contributed by atoms with Gasteiger partial charge in [0.05, 0.1) is 6.04 Å². The highest BCUT2D eigenvalue weighted by molar-refractivity contribution is 5.81. The molecular weight excluding hydrogens is 266 g/mol. The quantitative estimate of drug-likeness (QED) is 0.868. The van der Waals surface area contributed by atoms with E-state index in [1.165, 1.54) is 0 Å². The number of hydrogen-bond acceptors (Lipinski definition) is 5. The minimum Gasteiger partial charge on any atom is -0.354 e. The first-order valence-corrected chi connectivity index (χ1v) is 7.61. The van der Waals surface area contributed by atoms with Crippen LogP contribution < -0.4 is 10.2 Å². The molecule has 1 aliphatic rings. The third-order valence-corrected chi connectivity index (χ3v) is 3.76. The van der Waals surface area contributed by atoms with Crippen LogP contribution >= 0.6 is 0 Å². The van der Waals surface area contributed by atoms with E-state index in [-0.39, 0.29) is 11.9 Å². The second-order valence-corrected chi connectivity index (χ2v) is 5.89. The van der Waals surface area contributed by atoms with Crippen LogP contribution in [0.1, 0.15) is 20.8 Å². The average Bonchev–Trinajstić information content (AvgIpc) is 2.53. The lowest BCUT2D eigenvalue weighted by Crippen LogP contribution is -2.54. The average molecular weight is 291 g/mol. The van der Waals surface area contributed by atoms with E-state index >= 15 is 0 Å². The first-order chi connectivity index (χ1) is 10.1. The summed E-state index contributed by atoms with van der Waals surface area (Å²) in [5.41, 5.74) is 0. The zero-order chi connectivity index (χ0) is 15.2. The van der Waals surface area contributed by atoms with Crippen LogP contribution in [0.15, 0.2) is 18.5 Å². The molecule has 6 nitrogen and oxygen atoms in total. The first-order valence-electron chi connectivity index (χ1n) is 7.61. The molecule has 116 valence electrons. The monoisotopic (exact) mass is 291 g/mol. The molecule has 2 heterocycles. The fraction of sp³-hybridized carbons (Fsp3) is 0.667. The third kappa shape index (κ3) is 4.39. The second kappa shape index (κ2) is 7.36. The van der Waals surface area contributed by atoms with Gasteiger partial charge in [-0.05, 0) is 18.9 Å². The van der Waals surface area contributed by atoms with E-state index in [1.54, 1.807) is 12.4 Å². The Morgan fingerprint density at radius 2 is 1.81 bits per heavy atom. The van der Waals surface area contributed by atoms with Crippen LogP contribution in [-0.2, 0) is 4.79 Å². The Kier molecular flexibility index (Phi) is 5.50. The van der Waals surface area contributed by atoms with E-state index in [4.69, 9.17) is 0 Å². The van der Waals surface area contributed by atoms with Crippen LogP contribution in [0.5, 0.6) is 0 Å². The molecule has 1 fully saturated rings. The smallest absolute Gasteiger partial charge is 0.237 e. The Balaban J connectivity index is 1.82. The maximum absolute atomic E-state index is 12.1. The lowest BCUT2D eigenvalue weighted by atomic mass is 10.2. The summed E-state index contributed by atoms with van der Waals surface area (Å²) in [6.07, 6.45) is 3.52. The lowest BCUT2D eigenvalue weighted by molar-refractivity contribution is -0.126. The summed E-state index contributed by atoms with van der Waals surface area (Å²) in [7, 11) is 0. The summed E-state index contributed by atoms with van der Waals surface area (Å²) >= 11 is 0. The standard InChI is InChI=1S/C15H25N5O/c1-12(2)11-18-14(21)13(3)19-7-9-20(10-8-19)15-16-5-4-6-17-15/h4-6,12-13H,7-11H2,1-3H3,(H,18,21). The van der Waals surface area contributed by atoms with Crippen molar-refractivity contribution in [2.24, 2.45) is 5.92 Å².